The van der Waals surface area contributed by atoms with Crippen LogP contribution in [0.1, 0.15) is 0 Å². The molecule has 0 amide bonds. The summed E-state index contributed by atoms with van der Waals surface area (Å²) in [6, 6.07) is 43.4. The molecule has 0 unspecified atom stereocenters. The van der Waals surface area contributed by atoms with E-state index in [0.29, 0.717) is 0 Å². The van der Waals surface area contributed by atoms with Crippen LogP contribution in [-0.4, -0.2) is 9.55 Å². The minimum absolute atomic E-state index is 0.939. The number of pyridine rings is 1. The maximum atomic E-state index is 5.14. The Bertz CT molecular complexity index is 1940. The van der Waals surface area contributed by atoms with Crippen LogP contribution in [0.4, 0.5) is 0 Å². The van der Waals surface area contributed by atoms with Crippen LogP contribution in [0.2, 0.25) is 0 Å². The van der Waals surface area contributed by atoms with Crippen molar-refractivity contribution in [1.29, 1.82) is 0 Å². The molecule has 0 spiro atoms. The Morgan fingerprint density at radius 3 is 1.91 bits per heavy atom. The number of hydrogen-bond acceptors (Lipinski definition) is 1. The Hall–Kier alpha value is -4.69. The quantitative estimate of drug-likeness (QED) is 0.261. The van der Waals surface area contributed by atoms with Crippen molar-refractivity contribution in [3.63, 3.8) is 0 Å². The van der Waals surface area contributed by atoms with Gasteiger partial charge in [0, 0.05) is 16.3 Å². The first kappa shape index (κ1) is 18.7. The normalized spacial score (nSPS) is 12.0. The first-order valence-electron chi connectivity index (χ1n) is 12.0. The summed E-state index contributed by atoms with van der Waals surface area (Å²) < 4.78 is 2.34. The second-order valence-corrected chi connectivity index (χ2v) is 9.19. The monoisotopic (exact) mass is 444 g/mol. The van der Waals surface area contributed by atoms with E-state index in [9.17, 15) is 0 Å². The lowest BCUT2D eigenvalue weighted by atomic mass is 9.93. The number of nitrogens with zero attached hydrogens (tertiary/aromatic N) is 2. The molecule has 2 heterocycles. The minimum Gasteiger partial charge on any atom is -0.294 e. The van der Waals surface area contributed by atoms with Gasteiger partial charge in [-0.2, -0.15) is 0 Å². The van der Waals surface area contributed by atoms with E-state index in [4.69, 9.17) is 4.98 Å². The molecule has 0 bridgehead atoms. The van der Waals surface area contributed by atoms with E-state index < -0.39 is 0 Å². The summed E-state index contributed by atoms with van der Waals surface area (Å²) in [5, 5.41) is 5.21. The fourth-order valence-corrected chi connectivity index (χ4v) is 5.89. The van der Waals surface area contributed by atoms with E-state index in [-0.39, 0.29) is 0 Å². The lowest BCUT2D eigenvalue weighted by molar-refractivity contribution is 1.08. The van der Waals surface area contributed by atoms with Crippen LogP contribution in [0.5, 0.6) is 0 Å². The van der Waals surface area contributed by atoms with Gasteiger partial charge in [-0.1, -0.05) is 97.1 Å². The van der Waals surface area contributed by atoms with Crippen LogP contribution in [0.3, 0.4) is 0 Å². The van der Waals surface area contributed by atoms with E-state index >= 15 is 0 Å². The molecule has 8 rings (SSSR count). The lowest BCUT2D eigenvalue weighted by Crippen LogP contribution is -1.99. The second kappa shape index (κ2) is 6.91. The van der Waals surface area contributed by atoms with Crippen molar-refractivity contribution in [2.75, 3.05) is 0 Å². The topological polar surface area (TPSA) is 17.8 Å². The number of hydrogen-bond donors (Lipinski definition) is 0. The van der Waals surface area contributed by atoms with Crippen molar-refractivity contribution in [2.24, 2.45) is 0 Å². The van der Waals surface area contributed by atoms with Crippen LogP contribution < -0.4 is 0 Å². The molecule has 0 N–H and O–H groups in total. The summed E-state index contributed by atoms with van der Waals surface area (Å²) in [6.07, 6.45) is 0. The lowest BCUT2D eigenvalue weighted by Gasteiger charge is -2.13. The summed E-state index contributed by atoms with van der Waals surface area (Å²) in [6.45, 7) is 0. The van der Waals surface area contributed by atoms with E-state index in [1.807, 2.05) is 6.07 Å². The summed E-state index contributed by atoms with van der Waals surface area (Å²) >= 11 is 0. The van der Waals surface area contributed by atoms with Crippen LogP contribution >= 0.6 is 0 Å². The maximum Gasteiger partial charge on any atom is 0.138 e. The average molecular weight is 445 g/mol. The van der Waals surface area contributed by atoms with Gasteiger partial charge in [-0.05, 0) is 57.3 Å². The number of aromatic nitrogens is 2. The molecule has 0 atom stereocenters. The predicted molar refractivity (Wildman–Crippen MR) is 146 cm³/mol. The smallest absolute Gasteiger partial charge is 0.138 e. The molecule has 0 aliphatic heterocycles. The Kier molecular flexibility index (Phi) is 3.69. The van der Waals surface area contributed by atoms with Crippen LogP contribution in [-0.2, 0) is 0 Å². The van der Waals surface area contributed by atoms with Gasteiger partial charge in [-0.15, -0.1) is 0 Å². The molecule has 2 heteroatoms. The summed E-state index contributed by atoms with van der Waals surface area (Å²) in [4.78, 5) is 5.14. The van der Waals surface area contributed by atoms with Crippen molar-refractivity contribution in [2.45, 2.75) is 0 Å². The van der Waals surface area contributed by atoms with Gasteiger partial charge >= 0.3 is 0 Å². The van der Waals surface area contributed by atoms with Gasteiger partial charge in [0.1, 0.15) is 5.82 Å². The third-order valence-corrected chi connectivity index (χ3v) is 7.34. The molecule has 162 valence electrons. The standard InChI is InChI=1S/C33H20N2/c1-2-9-21(10-3-1)27-16-8-18-30(34-27)35-28-17-7-15-26-24-13-5-4-12-23(24)25-14-6-11-22-19-20-29(35)33(31(22)25)32(26)28/h1-20H. The van der Waals surface area contributed by atoms with E-state index in [2.05, 4.69) is 120 Å². The Balaban J connectivity index is 1.56. The molecular formula is C33H20N2. The summed E-state index contributed by atoms with van der Waals surface area (Å²) in [5.41, 5.74) is 9.64. The largest absolute Gasteiger partial charge is 0.294 e. The van der Waals surface area contributed by atoms with Crippen molar-refractivity contribution in [1.82, 2.24) is 9.55 Å². The molecule has 5 aromatic carbocycles. The van der Waals surface area contributed by atoms with E-state index in [0.717, 1.165) is 17.1 Å². The van der Waals surface area contributed by atoms with Gasteiger partial charge in [0.25, 0.3) is 0 Å². The summed E-state index contributed by atoms with van der Waals surface area (Å²) in [7, 11) is 0. The maximum absolute atomic E-state index is 5.14. The Labute approximate surface area is 202 Å². The highest BCUT2D eigenvalue weighted by molar-refractivity contribution is 6.30. The number of fused-ring (bicyclic) bond motifs is 3. The molecule has 1 aliphatic rings. The molecule has 0 radical (unpaired) electrons. The number of rotatable bonds is 2. The van der Waals surface area contributed by atoms with Crippen molar-refractivity contribution < 1.29 is 0 Å². The van der Waals surface area contributed by atoms with Gasteiger partial charge < -0.3 is 0 Å². The SMILES string of the molecule is c1ccc(-c2cccc(-n3c4cccc5c4c4c6c(cccc6ccc43)-c3ccccc3-5)n2)cc1. The van der Waals surface area contributed by atoms with Gasteiger partial charge in [-0.25, -0.2) is 4.98 Å². The fourth-order valence-electron chi connectivity index (χ4n) is 5.89. The minimum atomic E-state index is 0.939. The molecule has 2 nitrogen and oxygen atoms in total. The predicted octanol–water partition coefficient (Wildman–Crippen LogP) is 8.65. The molecule has 1 aliphatic carbocycles. The molecule has 0 fully saturated rings. The van der Waals surface area contributed by atoms with Crippen molar-refractivity contribution in [3.05, 3.63) is 121 Å². The zero-order valence-electron chi connectivity index (χ0n) is 18.9. The molecule has 7 aromatic rings. The van der Waals surface area contributed by atoms with E-state index in [1.165, 1.54) is 54.8 Å². The third-order valence-electron chi connectivity index (χ3n) is 7.34. The van der Waals surface area contributed by atoms with Crippen LogP contribution in [0, 0.1) is 0 Å². The molecule has 2 aromatic heterocycles. The van der Waals surface area contributed by atoms with Gasteiger partial charge in [0.05, 0.1) is 16.7 Å². The van der Waals surface area contributed by atoms with Gasteiger partial charge in [0.15, 0.2) is 0 Å². The van der Waals surface area contributed by atoms with Crippen molar-refractivity contribution >= 4 is 32.6 Å². The summed E-state index contributed by atoms with van der Waals surface area (Å²) in [5.74, 6) is 0.939. The molecule has 0 saturated heterocycles. The Morgan fingerprint density at radius 2 is 1.09 bits per heavy atom. The molecule has 35 heavy (non-hydrogen) atoms. The zero-order valence-corrected chi connectivity index (χ0v) is 18.9. The Morgan fingerprint density at radius 1 is 0.429 bits per heavy atom. The fraction of sp³-hybridized carbons (Fsp3) is 0. The van der Waals surface area contributed by atoms with Crippen LogP contribution in [0.25, 0.3) is 71.9 Å². The molecule has 0 saturated carbocycles. The molecular weight excluding hydrogens is 424 g/mol. The highest BCUT2D eigenvalue weighted by Crippen LogP contribution is 2.49. The highest BCUT2D eigenvalue weighted by atomic mass is 15.1. The van der Waals surface area contributed by atoms with E-state index in [1.54, 1.807) is 0 Å². The van der Waals surface area contributed by atoms with Crippen molar-refractivity contribution in [3.8, 4) is 39.3 Å². The average Bonchev–Trinajstić information content (AvgIpc) is 3.21. The van der Waals surface area contributed by atoms with Crippen LogP contribution in [0.15, 0.2) is 121 Å². The van der Waals surface area contributed by atoms with Gasteiger partial charge in [0.2, 0.25) is 0 Å². The zero-order chi connectivity index (χ0) is 22.9. The third kappa shape index (κ3) is 2.51. The van der Waals surface area contributed by atoms with Gasteiger partial charge in [-0.3, -0.25) is 4.57 Å². The first-order valence-corrected chi connectivity index (χ1v) is 12.0. The first-order chi connectivity index (χ1) is 17.4. The second-order valence-electron chi connectivity index (χ2n) is 9.19. The number of benzene rings is 5. The highest BCUT2D eigenvalue weighted by Gasteiger charge is 2.24.